The number of hydrogen-bond acceptors (Lipinski definition) is 4. The molecule has 0 aliphatic heterocycles. The summed E-state index contributed by atoms with van der Waals surface area (Å²) in [6.45, 7) is 15.0. The fraction of sp³-hybridized carbons (Fsp3) is 0.706. The van der Waals surface area contributed by atoms with E-state index in [1.807, 2.05) is 33.8 Å². The zero-order chi connectivity index (χ0) is 17.0. The van der Waals surface area contributed by atoms with Gasteiger partial charge in [0.05, 0.1) is 12.8 Å². The third-order valence-electron chi connectivity index (χ3n) is 3.89. The third kappa shape index (κ3) is 5.72. The third-order valence-corrected chi connectivity index (χ3v) is 3.89. The first-order chi connectivity index (χ1) is 10.0. The van der Waals surface area contributed by atoms with Crippen LogP contribution in [0, 0.1) is 12.8 Å². The monoisotopic (exact) mass is 310 g/mol. The van der Waals surface area contributed by atoms with E-state index >= 15 is 0 Å². The minimum atomic E-state index is -0.489. The summed E-state index contributed by atoms with van der Waals surface area (Å²) in [6.07, 6.45) is 1.30. The molecule has 0 fully saturated rings. The van der Waals surface area contributed by atoms with Crippen molar-refractivity contribution in [2.24, 2.45) is 5.92 Å². The van der Waals surface area contributed by atoms with Gasteiger partial charge in [0.25, 0.3) is 0 Å². The van der Waals surface area contributed by atoms with Crippen LogP contribution in [0.4, 0.5) is 4.79 Å². The molecule has 5 heteroatoms. The van der Waals surface area contributed by atoms with Crippen molar-refractivity contribution in [1.82, 2.24) is 10.6 Å². The molecule has 1 aromatic heterocycles. The highest BCUT2D eigenvalue weighted by atomic mass is 16.6. The Morgan fingerprint density at radius 2 is 1.95 bits per heavy atom. The first-order valence-corrected chi connectivity index (χ1v) is 7.78. The lowest BCUT2D eigenvalue weighted by molar-refractivity contribution is 0.0502. The lowest BCUT2D eigenvalue weighted by atomic mass is 9.88. The molecule has 2 N–H and O–H groups in total. The number of nitrogens with one attached hydrogen (secondary N) is 2. The van der Waals surface area contributed by atoms with Gasteiger partial charge in [-0.25, -0.2) is 4.79 Å². The molecule has 1 rings (SSSR count). The molecule has 1 atom stereocenters. The van der Waals surface area contributed by atoms with Crippen LogP contribution in [0.15, 0.2) is 16.7 Å². The first-order valence-electron chi connectivity index (χ1n) is 7.78. The van der Waals surface area contributed by atoms with Gasteiger partial charge in [0.2, 0.25) is 0 Å². The number of aryl methyl sites for hydroxylation is 1. The van der Waals surface area contributed by atoms with Crippen LogP contribution in [0.5, 0.6) is 0 Å². The van der Waals surface area contributed by atoms with E-state index in [1.54, 1.807) is 6.26 Å². The van der Waals surface area contributed by atoms with Crippen molar-refractivity contribution in [1.29, 1.82) is 0 Å². The molecule has 0 radical (unpaired) electrons. The van der Waals surface area contributed by atoms with Gasteiger partial charge in [-0.3, -0.25) is 0 Å². The lowest BCUT2D eigenvalue weighted by Crippen LogP contribution is -2.55. The second-order valence-corrected chi connectivity index (χ2v) is 7.31. The van der Waals surface area contributed by atoms with Gasteiger partial charge in [0.1, 0.15) is 11.4 Å². The van der Waals surface area contributed by atoms with E-state index in [0.717, 1.165) is 11.3 Å². The van der Waals surface area contributed by atoms with E-state index in [4.69, 9.17) is 9.15 Å². The van der Waals surface area contributed by atoms with E-state index in [0.29, 0.717) is 19.0 Å². The van der Waals surface area contributed by atoms with Crippen molar-refractivity contribution >= 4 is 6.09 Å². The predicted molar refractivity (Wildman–Crippen MR) is 87.8 cm³/mol. The van der Waals surface area contributed by atoms with Crippen LogP contribution >= 0.6 is 0 Å². The molecule has 0 aromatic carbocycles. The Balaban J connectivity index is 2.59. The number of rotatable bonds is 6. The zero-order valence-electron chi connectivity index (χ0n) is 14.9. The number of ether oxygens (including phenoxy) is 1. The number of hydrogen-bond donors (Lipinski definition) is 2. The highest BCUT2D eigenvalue weighted by Crippen LogP contribution is 2.18. The van der Waals surface area contributed by atoms with E-state index < -0.39 is 11.7 Å². The minimum absolute atomic E-state index is 0.254. The van der Waals surface area contributed by atoms with Gasteiger partial charge in [0, 0.05) is 12.1 Å². The number of amides is 1. The molecular weight excluding hydrogens is 280 g/mol. The summed E-state index contributed by atoms with van der Waals surface area (Å²) in [5, 5.41) is 6.34. The van der Waals surface area contributed by atoms with Gasteiger partial charge >= 0.3 is 6.09 Å². The maximum absolute atomic E-state index is 11.8. The fourth-order valence-corrected chi connectivity index (χ4v) is 1.91. The average Bonchev–Trinajstić information content (AvgIpc) is 2.77. The van der Waals surface area contributed by atoms with Crippen LogP contribution in [-0.2, 0) is 11.3 Å². The lowest BCUT2D eigenvalue weighted by Gasteiger charge is -2.35. The maximum atomic E-state index is 11.8. The molecule has 0 spiro atoms. The molecule has 1 amide bonds. The molecule has 1 aromatic rings. The summed E-state index contributed by atoms with van der Waals surface area (Å²) in [6, 6.07) is 1.95. The van der Waals surface area contributed by atoms with E-state index in [2.05, 4.69) is 31.4 Å². The van der Waals surface area contributed by atoms with E-state index in [9.17, 15) is 4.79 Å². The summed E-state index contributed by atoms with van der Waals surface area (Å²) in [7, 11) is 0. The second kappa shape index (κ2) is 7.18. The van der Waals surface area contributed by atoms with E-state index in [1.165, 1.54) is 0 Å². The van der Waals surface area contributed by atoms with Crippen molar-refractivity contribution < 1.29 is 13.9 Å². The molecule has 0 aliphatic rings. The minimum Gasteiger partial charge on any atom is -0.468 e. The molecule has 126 valence electrons. The smallest absolute Gasteiger partial charge is 0.407 e. The highest BCUT2D eigenvalue weighted by molar-refractivity contribution is 5.67. The number of carbonyl (C=O) groups is 1. The van der Waals surface area contributed by atoms with Gasteiger partial charge in [-0.2, -0.15) is 0 Å². The van der Waals surface area contributed by atoms with Crippen LogP contribution in [0.25, 0.3) is 0 Å². The second-order valence-electron chi connectivity index (χ2n) is 7.31. The number of furan rings is 1. The number of alkyl carbamates (subject to hydrolysis) is 1. The van der Waals surface area contributed by atoms with Crippen LogP contribution in [0.3, 0.4) is 0 Å². The standard InChI is InChI=1S/C17H30N2O3/c1-12(2)17(7,11-18-15(20)22-16(4,5)6)19-10-14-13(3)8-9-21-14/h8-9,12,19H,10-11H2,1-7H3,(H,18,20). The quantitative estimate of drug-likeness (QED) is 0.842. The largest absolute Gasteiger partial charge is 0.468 e. The average molecular weight is 310 g/mol. The van der Waals surface area contributed by atoms with Crippen LogP contribution in [0.1, 0.15) is 52.9 Å². The zero-order valence-corrected chi connectivity index (χ0v) is 14.9. The molecule has 22 heavy (non-hydrogen) atoms. The maximum Gasteiger partial charge on any atom is 0.407 e. The topological polar surface area (TPSA) is 63.5 Å². The molecule has 0 bridgehead atoms. The highest BCUT2D eigenvalue weighted by Gasteiger charge is 2.29. The molecule has 5 nitrogen and oxygen atoms in total. The molecule has 0 saturated heterocycles. The van der Waals surface area contributed by atoms with Gasteiger partial charge in [0.15, 0.2) is 0 Å². The van der Waals surface area contributed by atoms with Gasteiger partial charge in [-0.1, -0.05) is 13.8 Å². The molecular formula is C17H30N2O3. The van der Waals surface area contributed by atoms with Gasteiger partial charge in [-0.15, -0.1) is 0 Å². The molecule has 1 heterocycles. The summed E-state index contributed by atoms with van der Waals surface area (Å²) >= 11 is 0. The fourth-order valence-electron chi connectivity index (χ4n) is 1.91. The first kappa shape index (κ1) is 18.6. The summed E-state index contributed by atoms with van der Waals surface area (Å²) in [5.74, 6) is 1.25. The van der Waals surface area contributed by atoms with Gasteiger partial charge < -0.3 is 19.8 Å². The Hall–Kier alpha value is -1.49. The molecule has 0 aliphatic carbocycles. The molecule has 1 unspecified atom stereocenters. The number of carbonyl (C=O) groups excluding carboxylic acids is 1. The Kier molecular flexibility index (Phi) is 6.06. The van der Waals surface area contributed by atoms with Crippen LogP contribution in [-0.4, -0.2) is 23.8 Å². The van der Waals surface area contributed by atoms with Crippen molar-refractivity contribution in [3.05, 3.63) is 23.7 Å². The Morgan fingerprint density at radius 3 is 2.41 bits per heavy atom. The normalized spacial score (nSPS) is 14.7. The van der Waals surface area contributed by atoms with Crippen LogP contribution in [0.2, 0.25) is 0 Å². The Morgan fingerprint density at radius 1 is 1.32 bits per heavy atom. The predicted octanol–water partition coefficient (Wildman–Crippen LogP) is 3.62. The van der Waals surface area contributed by atoms with Crippen molar-refractivity contribution in [2.45, 2.75) is 66.2 Å². The Bertz CT molecular complexity index is 488. The summed E-state index contributed by atoms with van der Waals surface area (Å²) in [4.78, 5) is 11.8. The Labute approximate surface area is 133 Å². The van der Waals surface area contributed by atoms with Crippen molar-refractivity contribution in [2.75, 3.05) is 6.54 Å². The summed E-state index contributed by atoms with van der Waals surface area (Å²) in [5.41, 5.74) is 0.381. The van der Waals surface area contributed by atoms with Gasteiger partial charge in [-0.05, 0) is 52.2 Å². The van der Waals surface area contributed by atoms with Crippen molar-refractivity contribution in [3.63, 3.8) is 0 Å². The van der Waals surface area contributed by atoms with E-state index in [-0.39, 0.29) is 5.54 Å². The van der Waals surface area contributed by atoms with Crippen LogP contribution < -0.4 is 10.6 Å². The SMILES string of the molecule is Cc1ccoc1CNC(C)(CNC(=O)OC(C)(C)C)C(C)C. The van der Waals surface area contributed by atoms with Crippen molar-refractivity contribution in [3.8, 4) is 0 Å². The summed E-state index contributed by atoms with van der Waals surface area (Å²) < 4.78 is 10.7. The molecule has 0 saturated carbocycles.